The Morgan fingerprint density at radius 3 is 2.68 bits per heavy atom. The number of anilines is 2. The van der Waals surface area contributed by atoms with Crippen LogP contribution in [0.4, 0.5) is 16.6 Å². The van der Waals surface area contributed by atoms with Gasteiger partial charge in [-0.05, 0) is 25.2 Å². The molecule has 2 fully saturated rings. The molecule has 2 aromatic rings. The summed E-state index contributed by atoms with van der Waals surface area (Å²) in [6.45, 7) is 4.37. The number of likely N-dealkylation sites (N-methyl/N-ethyl adjacent to an activating group) is 1. The van der Waals surface area contributed by atoms with Gasteiger partial charge in [-0.3, -0.25) is 14.5 Å². The van der Waals surface area contributed by atoms with Crippen molar-refractivity contribution in [1.29, 1.82) is 0 Å². The fraction of sp³-hybridized carbons (Fsp3) is 0.444. The fourth-order valence-corrected chi connectivity index (χ4v) is 4.18. The normalized spacial score (nSPS) is 18.4. The zero-order chi connectivity index (χ0) is 19.7. The van der Waals surface area contributed by atoms with Crippen LogP contribution in [0.5, 0.6) is 0 Å². The predicted molar refractivity (Wildman–Crippen MR) is 112 cm³/mol. The Hall–Kier alpha value is -2.10. The summed E-state index contributed by atoms with van der Waals surface area (Å²) >= 11 is 7.21. The van der Waals surface area contributed by atoms with Crippen molar-refractivity contribution in [3.8, 4) is 0 Å². The molecular weight excluding hydrogens is 400 g/mol. The zero-order valence-corrected chi connectivity index (χ0v) is 17.1. The Labute approximate surface area is 172 Å². The van der Waals surface area contributed by atoms with Crippen molar-refractivity contribution in [2.24, 2.45) is 0 Å². The summed E-state index contributed by atoms with van der Waals surface area (Å²) in [4.78, 5) is 38.7. The largest absolute Gasteiger partial charge is 0.368 e. The van der Waals surface area contributed by atoms with Crippen molar-refractivity contribution in [3.63, 3.8) is 0 Å². The molecule has 0 atom stereocenters. The highest BCUT2D eigenvalue weighted by molar-refractivity contribution is 8.14. The second kappa shape index (κ2) is 8.10. The summed E-state index contributed by atoms with van der Waals surface area (Å²) in [5, 5.41) is 4.50. The van der Waals surface area contributed by atoms with Crippen LogP contribution in [-0.4, -0.2) is 83.0 Å². The van der Waals surface area contributed by atoms with Crippen molar-refractivity contribution in [1.82, 2.24) is 19.8 Å². The third-order valence-corrected chi connectivity index (χ3v) is 5.99. The van der Waals surface area contributed by atoms with E-state index in [-0.39, 0.29) is 16.9 Å². The van der Waals surface area contributed by atoms with Gasteiger partial charge in [0, 0.05) is 49.7 Å². The van der Waals surface area contributed by atoms with E-state index in [2.05, 4.69) is 22.2 Å². The number of hydrogen-bond acceptors (Lipinski definition) is 8. The number of hydrogen-bond donors (Lipinski definition) is 1. The van der Waals surface area contributed by atoms with E-state index < -0.39 is 0 Å². The minimum absolute atomic E-state index is 0.148. The number of aromatic nitrogens is 2. The van der Waals surface area contributed by atoms with E-state index in [1.165, 1.54) is 4.90 Å². The minimum Gasteiger partial charge on any atom is -0.368 e. The lowest BCUT2D eigenvalue weighted by atomic mass is 10.2. The second-order valence-corrected chi connectivity index (χ2v) is 8.21. The molecule has 148 valence electrons. The Morgan fingerprint density at radius 1 is 1.18 bits per heavy atom. The zero-order valence-electron chi connectivity index (χ0n) is 15.5. The van der Waals surface area contributed by atoms with Crippen LogP contribution >= 0.6 is 23.4 Å². The van der Waals surface area contributed by atoms with E-state index in [0.717, 1.165) is 48.8 Å². The first-order chi connectivity index (χ1) is 13.5. The molecule has 1 aromatic carbocycles. The Kier molecular flexibility index (Phi) is 5.56. The molecule has 28 heavy (non-hydrogen) atoms. The number of rotatable bonds is 5. The van der Waals surface area contributed by atoms with Gasteiger partial charge in [-0.1, -0.05) is 23.4 Å². The van der Waals surface area contributed by atoms with Crippen LogP contribution in [0.1, 0.15) is 0 Å². The Balaban J connectivity index is 1.57. The number of benzene rings is 1. The van der Waals surface area contributed by atoms with Crippen molar-refractivity contribution in [3.05, 3.63) is 23.2 Å². The van der Waals surface area contributed by atoms with Crippen LogP contribution in [-0.2, 0) is 4.79 Å². The third kappa shape index (κ3) is 4.01. The standard InChI is InChI=1S/C18H21ClN6O2S/c1-23-6-8-24(9-7-23)17-21-14-3-2-12(19)10-13(14)16(22-17)20-4-5-25-15(26)11-28-18(25)27/h2-3,10H,4-9,11H2,1H3,(H,20,21,22). The van der Waals surface area contributed by atoms with Crippen molar-refractivity contribution in [2.45, 2.75) is 0 Å². The summed E-state index contributed by atoms with van der Waals surface area (Å²) in [6, 6.07) is 5.52. The monoisotopic (exact) mass is 420 g/mol. The van der Waals surface area contributed by atoms with E-state index in [0.29, 0.717) is 29.9 Å². The maximum Gasteiger partial charge on any atom is 0.288 e. The van der Waals surface area contributed by atoms with Gasteiger partial charge in [0.25, 0.3) is 5.24 Å². The van der Waals surface area contributed by atoms with E-state index >= 15 is 0 Å². The van der Waals surface area contributed by atoms with Crippen molar-refractivity contribution in [2.75, 3.05) is 62.3 Å². The molecular formula is C18H21ClN6O2S. The number of nitrogens with one attached hydrogen (secondary N) is 1. The first kappa shape index (κ1) is 19.2. The quantitative estimate of drug-likeness (QED) is 0.787. The number of imide groups is 1. The van der Waals surface area contributed by atoms with E-state index in [9.17, 15) is 9.59 Å². The van der Waals surface area contributed by atoms with Gasteiger partial charge in [-0.2, -0.15) is 4.98 Å². The molecule has 4 rings (SSSR count). The molecule has 10 heteroatoms. The number of carbonyl (C=O) groups excluding carboxylic acids is 2. The molecule has 0 aliphatic carbocycles. The maximum atomic E-state index is 11.8. The Morgan fingerprint density at radius 2 is 1.96 bits per heavy atom. The number of thioether (sulfide) groups is 1. The highest BCUT2D eigenvalue weighted by atomic mass is 35.5. The lowest BCUT2D eigenvalue weighted by molar-refractivity contribution is -0.124. The van der Waals surface area contributed by atoms with Gasteiger partial charge in [0.1, 0.15) is 5.82 Å². The van der Waals surface area contributed by atoms with Gasteiger partial charge in [0.2, 0.25) is 11.9 Å². The SMILES string of the molecule is CN1CCN(c2nc(NCCN3C(=O)CSC3=O)c3cc(Cl)ccc3n2)CC1. The highest BCUT2D eigenvalue weighted by Gasteiger charge is 2.29. The number of fused-ring (bicyclic) bond motifs is 1. The van der Waals surface area contributed by atoms with Crippen LogP contribution < -0.4 is 10.2 Å². The molecule has 1 N–H and O–H groups in total. The predicted octanol–water partition coefficient (Wildman–Crippen LogP) is 2.14. The van der Waals surface area contributed by atoms with Gasteiger partial charge >= 0.3 is 0 Å². The molecule has 2 aliphatic rings. The smallest absolute Gasteiger partial charge is 0.288 e. The fourth-order valence-electron chi connectivity index (χ4n) is 3.25. The molecule has 0 bridgehead atoms. The third-order valence-electron chi connectivity index (χ3n) is 4.90. The first-order valence-electron chi connectivity index (χ1n) is 9.13. The molecule has 0 saturated carbocycles. The molecule has 1 aromatic heterocycles. The van der Waals surface area contributed by atoms with Crippen LogP contribution in [0, 0.1) is 0 Å². The average molecular weight is 421 g/mol. The number of piperazine rings is 1. The summed E-state index contributed by atoms with van der Waals surface area (Å²) in [5.74, 6) is 1.41. The molecule has 2 aliphatic heterocycles. The number of halogens is 1. The van der Waals surface area contributed by atoms with E-state index in [4.69, 9.17) is 21.6 Å². The molecule has 3 heterocycles. The summed E-state index contributed by atoms with van der Waals surface area (Å²) in [6.07, 6.45) is 0. The summed E-state index contributed by atoms with van der Waals surface area (Å²) in [7, 11) is 2.10. The maximum absolute atomic E-state index is 11.8. The summed E-state index contributed by atoms with van der Waals surface area (Å²) in [5.41, 5.74) is 0.805. The van der Waals surface area contributed by atoms with Gasteiger partial charge in [-0.15, -0.1) is 0 Å². The van der Waals surface area contributed by atoms with Gasteiger partial charge < -0.3 is 15.1 Å². The molecule has 2 saturated heterocycles. The molecule has 8 nitrogen and oxygen atoms in total. The van der Waals surface area contributed by atoms with Crippen LogP contribution in [0.2, 0.25) is 5.02 Å². The Bertz CT molecular complexity index is 902. The van der Waals surface area contributed by atoms with Gasteiger partial charge in [0.05, 0.1) is 11.3 Å². The first-order valence-corrected chi connectivity index (χ1v) is 10.5. The van der Waals surface area contributed by atoms with Gasteiger partial charge in [0.15, 0.2) is 0 Å². The topological polar surface area (TPSA) is 81.7 Å². The lowest BCUT2D eigenvalue weighted by Gasteiger charge is -2.32. The second-order valence-electron chi connectivity index (χ2n) is 6.85. The molecule has 2 amide bonds. The van der Waals surface area contributed by atoms with Crippen molar-refractivity contribution >= 4 is 57.2 Å². The van der Waals surface area contributed by atoms with E-state index in [1.807, 2.05) is 18.2 Å². The minimum atomic E-state index is -0.194. The van der Waals surface area contributed by atoms with Crippen LogP contribution in [0.3, 0.4) is 0 Å². The van der Waals surface area contributed by atoms with Gasteiger partial charge in [-0.25, -0.2) is 4.98 Å². The number of carbonyl (C=O) groups is 2. The molecule has 0 unspecified atom stereocenters. The molecule has 0 spiro atoms. The van der Waals surface area contributed by atoms with Crippen molar-refractivity contribution < 1.29 is 9.59 Å². The van der Waals surface area contributed by atoms with Crippen LogP contribution in [0.15, 0.2) is 18.2 Å². The highest BCUT2D eigenvalue weighted by Crippen LogP contribution is 2.27. The average Bonchev–Trinajstić information content (AvgIpc) is 3.00. The van der Waals surface area contributed by atoms with Crippen LogP contribution in [0.25, 0.3) is 10.9 Å². The number of nitrogens with zero attached hydrogens (tertiary/aromatic N) is 5. The number of amides is 2. The van der Waals surface area contributed by atoms with E-state index in [1.54, 1.807) is 0 Å². The summed E-state index contributed by atoms with van der Waals surface area (Å²) < 4.78 is 0. The lowest BCUT2D eigenvalue weighted by Crippen LogP contribution is -2.45. The molecule has 0 radical (unpaired) electrons.